The lowest BCUT2D eigenvalue weighted by Crippen LogP contribution is -2.08. The summed E-state index contributed by atoms with van der Waals surface area (Å²) in [7, 11) is 6.76. The monoisotopic (exact) mass is 423 g/mol. The summed E-state index contributed by atoms with van der Waals surface area (Å²) in [5.41, 5.74) is 2.13. The minimum Gasteiger partial charge on any atom is -0.496 e. The molecule has 0 radical (unpaired) electrons. The number of benzene rings is 2. The van der Waals surface area contributed by atoms with Crippen molar-refractivity contribution in [2.24, 2.45) is 0 Å². The molecule has 0 aliphatic heterocycles. The van der Waals surface area contributed by atoms with E-state index in [1.807, 2.05) is 66.0 Å². The van der Waals surface area contributed by atoms with Crippen molar-refractivity contribution in [2.45, 2.75) is 4.90 Å². The van der Waals surface area contributed by atoms with Crippen LogP contribution in [0.3, 0.4) is 0 Å². The van der Waals surface area contributed by atoms with Crippen LogP contribution >= 0.6 is 11.9 Å². The number of aromatic nitrogens is 2. The van der Waals surface area contributed by atoms with E-state index in [1.165, 1.54) is 11.9 Å². The number of ether oxygens (including phenoxy) is 3. The molecular formula is C22H21N3O4S. The van der Waals surface area contributed by atoms with Gasteiger partial charge in [0.05, 0.1) is 27.0 Å². The Morgan fingerprint density at radius 3 is 2.17 bits per heavy atom. The Bertz CT molecular complexity index is 1140. The number of rotatable bonds is 7. The predicted octanol–water partition coefficient (Wildman–Crippen LogP) is 5.06. The van der Waals surface area contributed by atoms with Crippen molar-refractivity contribution >= 4 is 28.9 Å². The molecule has 2 aromatic heterocycles. The van der Waals surface area contributed by atoms with Crippen molar-refractivity contribution in [1.82, 2.24) is 10.1 Å². The van der Waals surface area contributed by atoms with E-state index >= 15 is 0 Å². The van der Waals surface area contributed by atoms with E-state index in [4.69, 9.17) is 18.7 Å². The minimum absolute atomic E-state index is 0.405. The fourth-order valence-corrected chi connectivity index (χ4v) is 4.09. The molecule has 2 aromatic carbocycles. The van der Waals surface area contributed by atoms with Crippen LogP contribution in [0.5, 0.6) is 17.2 Å². The summed E-state index contributed by atoms with van der Waals surface area (Å²) in [6.07, 6.45) is 0. The molecule has 8 heteroatoms. The average Bonchev–Trinajstić information content (AvgIpc) is 3.23. The van der Waals surface area contributed by atoms with Gasteiger partial charge in [0.1, 0.15) is 27.5 Å². The normalized spacial score (nSPS) is 10.8. The highest BCUT2D eigenvalue weighted by molar-refractivity contribution is 8.00. The zero-order chi connectivity index (χ0) is 21.1. The Kier molecular flexibility index (Phi) is 5.67. The smallest absolute Gasteiger partial charge is 0.264 e. The van der Waals surface area contributed by atoms with Crippen LogP contribution in [0.15, 0.2) is 64.0 Å². The molecule has 0 atom stereocenters. The van der Waals surface area contributed by atoms with E-state index in [9.17, 15) is 0 Å². The van der Waals surface area contributed by atoms with Gasteiger partial charge in [-0.1, -0.05) is 41.6 Å². The average molecular weight is 423 g/mol. The highest BCUT2D eigenvalue weighted by Crippen LogP contribution is 2.43. The van der Waals surface area contributed by atoms with Crippen LogP contribution in [0.4, 0.5) is 5.82 Å². The van der Waals surface area contributed by atoms with Crippen LogP contribution < -0.4 is 18.5 Å². The lowest BCUT2D eigenvalue weighted by atomic mass is 10.1. The summed E-state index contributed by atoms with van der Waals surface area (Å²) in [6, 6.07) is 17.4. The Balaban J connectivity index is 1.75. The van der Waals surface area contributed by atoms with Gasteiger partial charge in [-0.05, 0) is 24.1 Å². The molecule has 0 aliphatic rings. The van der Waals surface area contributed by atoms with Crippen LogP contribution in [0, 0.1) is 0 Å². The Morgan fingerprint density at radius 2 is 1.53 bits per heavy atom. The van der Waals surface area contributed by atoms with Crippen LogP contribution in [-0.2, 0) is 0 Å². The SMILES string of the molecule is COc1cccc(OC)c1SN(C)c1noc2nc(-c3ccccc3)cc(OC)c12. The van der Waals surface area contributed by atoms with Crippen molar-refractivity contribution in [2.75, 3.05) is 32.7 Å². The number of hydrogen-bond donors (Lipinski definition) is 0. The van der Waals surface area contributed by atoms with E-state index in [-0.39, 0.29) is 0 Å². The van der Waals surface area contributed by atoms with Crippen LogP contribution in [0.1, 0.15) is 0 Å². The summed E-state index contributed by atoms with van der Waals surface area (Å²) >= 11 is 1.42. The second kappa shape index (κ2) is 8.54. The zero-order valence-electron chi connectivity index (χ0n) is 17.1. The van der Waals surface area contributed by atoms with Crippen molar-refractivity contribution in [3.8, 4) is 28.5 Å². The number of methoxy groups -OCH3 is 3. The third-order valence-corrected chi connectivity index (χ3v) is 5.62. The van der Waals surface area contributed by atoms with Gasteiger partial charge in [0.15, 0.2) is 5.82 Å². The number of pyridine rings is 1. The first-order valence-electron chi connectivity index (χ1n) is 9.18. The molecule has 0 fully saturated rings. The molecule has 7 nitrogen and oxygen atoms in total. The number of anilines is 1. The number of hydrogen-bond acceptors (Lipinski definition) is 8. The topological polar surface area (TPSA) is 69.9 Å². The summed E-state index contributed by atoms with van der Waals surface area (Å²) in [5, 5.41) is 4.95. The van der Waals surface area contributed by atoms with Gasteiger partial charge < -0.3 is 18.7 Å². The first-order chi connectivity index (χ1) is 14.7. The highest BCUT2D eigenvalue weighted by atomic mass is 32.2. The lowest BCUT2D eigenvalue weighted by molar-refractivity contribution is 0.376. The molecule has 0 aliphatic carbocycles. The third kappa shape index (κ3) is 3.61. The fourth-order valence-electron chi connectivity index (χ4n) is 3.12. The largest absolute Gasteiger partial charge is 0.496 e. The fraction of sp³-hybridized carbons (Fsp3) is 0.182. The van der Waals surface area contributed by atoms with Gasteiger partial charge in [-0.2, -0.15) is 0 Å². The second-order valence-corrected chi connectivity index (χ2v) is 7.48. The number of fused-ring (bicyclic) bond motifs is 1. The van der Waals surface area contributed by atoms with Gasteiger partial charge >= 0.3 is 0 Å². The van der Waals surface area contributed by atoms with E-state index in [0.717, 1.165) is 16.2 Å². The van der Waals surface area contributed by atoms with Crippen molar-refractivity contribution in [3.63, 3.8) is 0 Å². The Labute approximate surface area is 178 Å². The molecule has 0 amide bonds. The first kappa shape index (κ1) is 19.9. The molecule has 4 aromatic rings. The lowest BCUT2D eigenvalue weighted by Gasteiger charge is -2.19. The van der Waals surface area contributed by atoms with Crippen molar-refractivity contribution < 1.29 is 18.7 Å². The maximum absolute atomic E-state index is 5.65. The highest BCUT2D eigenvalue weighted by Gasteiger charge is 2.23. The van der Waals surface area contributed by atoms with Crippen molar-refractivity contribution in [3.05, 3.63) is 54.6 Å². The van der Waals surface area contributed by atoms with Gasteiger partial charge in [0, 0.05) is 18.7 Å². The van der Waals surface area contributed by atoms with E-state index in [1.54, 1.807) is 21.3 Å². The van der Waals surface area contributed by atoms with E-state index < -0.39 is 0 Å². The molecule has 4 rings (SSSR count). The van der Waals surface area contributed by atoms with Crippen LogP contribution in [-0.4, -0.2) is 38.5 Å². The van der Waals surface area contributed by atoms with Crippen LogP contribution in [0.25, 0.3) is 22.4 Å². The molecule has 2 heterocycles. The quantitative estimate of drug-likeness (QED) is 0.382. The van der Waals surface area contributed by atoms with Gasteiger partial charge in [-0.15, -0.1) is 0 Å². The maximum atomic E-state index is 5.65. The molecule has 0 unspecified atom stereocenters. The predicted molar refractivity (Wildman–Crippen MR) is 118 cm³/mol. The maximum Gasteiger partial charge on any atom is 0.264 e. The molecule has 0 saturated heterocycles. The Morgan fingerprint density at radius 1 is 0.867 bits per heavy atom. The van der Waals surface area contributed by atoms with Gasteiger partial charge in [0.25, 0.3) is 5.71 Å². The van der Waals surface area contributed by atoms with Crippen LogP contribution in [0.2, 0.25) is 0 Å². The summed E-state index contributed by atoms with van der Waals surface area (Å²) < 4.78 is 24.1. The molecule has 154 valence electrons. The molecule has 30 heavy (non-hydrogen) atoms. The van der Waals surface area contributed by atoms with Gasteiger partial charge in [-0.3, -0.25) is 4.31 Å². The Hall–Kier alpha value is -3.39. The van der Waals surface area contributed by atoms with Gasteiger partial charge in [0.2, 0.25) is 0 Å². The summed E-state index contributed by atoms with van der Waals surface area (Å²) in [5.74, 6) is 2.63. The summed E-state index contributed by atoms with van der Waals surface area (Å²) in [4.78, 5) is 5.46. The molecular weight excluding hydrogens is 402 g/mol. The minimum atomic E-state index is 0.405. The van der Waals surface area contributed by atoms with Gasteiger partial charge in [-0.25, -0.2) is 4.98 Å². The van der Waals surface area contributed by atoms with E-state index in [0.29, 0.717) is 34.2 Å². The summed E-state index contributed by atoms with van der Waals surface area (Å²) in [6.45, 7) is 0. The first-order valence-corrected chi connectivity index (χ1v) is 9.96. The molecule has 0 spiro atoms. The molecule has 0 bridgehead atoms. The third-order valence-electron chi connectivity index (χ3n) is 4.59. The number of nitrogens with zero attached hydrogens (tertiary/aromatic N) is 3. The molecule has 0 saturated carbocycles. The molecule has 0 N–H and O–H groups in total. The zero-order valence-corrected chi connectivity index (χ0v) is 17.9. The van der Waals surface area contributed by atoms with Crippen molar-refractivity contribution in [1.29, 1.82) is 0 Å². The standard InChI is InChI=1S/C22H21N3O4S/c1-25(30-20-16(26-2)11-8-12-17(20)27-3)21-19-18(28-4)13-15(23-22(19)29-24-21)14-9-6-5-7-10-14/h5-13H,1-4H3. The second-order valence-electron chi connectivity index (χ2n) is 6.34. The van der Waals surface area contributed by atoms with E-state index in [2.05, 4.69) is 10.1 Å².